The number of aliphatic hydroxyl groups is 1. The summed E-state index contributed by atoms with van der Waals surface area (Å²) in [6.07, 6.45) is 15.4. The van der Waals surface area contributed by atoms with Gasteiger partial charge in [-0.2, -0.15) is 0 Å². The molecular formula is C18H33NO. The topological polar surface area (TPSA) is 25.2 Å². The summed E-state index contributed by atoms with van der Waals surface area (Å²) in [6, 6.07) is 4.04. The first-order valence-electron chi connectivity index (χ1n) is 8.58. The number of hydrogen-bond donors (Lipinski definition) is 1. The lowest BCUT2D eigenvalue weighted by atomic mass is 10.1. The van der Waals surface area contributed by atoms with E-state index in [1.807, 2.05) is 19.1 Å². The molecular weight excluding hydrogens is 246 g/mol. The summed E-state index contributed by atoms with van der Waals surface area (Å²) in [5.41, 5.74) is 1.04. The summed E-state index contributed by atoms with van der Waals surface area (Å²) < 4.78 is 2.19. The van der Waals surface area contributed by atoms with Gasteiger partial charge in [0.15, 0.2) is 0 Å². The molecule has 1 N–H and O–H groups in total. The summed E-state index contributed by atoms with van der Waals surface area (Å²) >= 11 is 0. The van der Waals surface area contributed by atoms with Crippen LogP contribution in [0.4, 0.5) is 0 Å². The van der Waals surface area contributed by atoms with Gasteiger partial charge < -0.3 is 9.67 Å². The van der Waals surface area contributed by atoms with E-state index in [0.717, 1.165) is 12.2 Å². The van der Waals surface area contributed by atoms with E-state index in [4.69, 9.17) is 0 Å². The highest BCUT2D eigenvalue weighted by molar-refractivity contribution is 5.09. The van der Waals surface area contributed by atoms with Gasteiger partial charge in [-0.3, -0.25) is 0 Å². The molecule has 116 valence electrons. The van der Waals surface area contributed by atoms with Crippen LogP contribution >= 0.6 is 0 Å². The van der Waals surface area contributed by atoms with Crippen molar-refractivity contribution in [3.05, 3.63) is 24.0 Å². The van der Waals surface area contributed by atoms with E-state index < -0.39 is 0 Å². The van der Waals surface area contributed by atoms with Crippen molar-refractivity contribution in [1.82, 2.24) is 4.57 Å². The first kappa shape index (κ1) is 17.3. The molecule has 2 heteroatoms. The highest BCUT2D eigenvalue weighted by Crippen LogP contribution is 2.15. The Morgan fingerprint density at radius 2 is 1.50 bits per heavy atom. The van der Waals surface area contributed by atoms with E-state index in [1.165, 1.54) is 64.2 Å². The van der Waals surface area contributed by atoms with Crippen molar-refractivity contribution >= 4 is 0 Å². The van der Waals surface area contributed by atoms with Crippen molar-refractivity contribution in [3.8, 4) is 0 Å². The largest absolute Gasteiger partial charge is 0.387 e. The molecule has 1 atom stereocenters. The Bertz CT molecular complexity index is 330. The SMILES string of the molecule is CCCCCCCCCCCCn1cccc1C(C)O. The standard InChI is InChI=1S/C18H33NO/c1-3-4-5-6-7-8-9-10-11-12-15-19-16-13-14-18(19)17(2)20/h13-14,16-17,20H,3-12,15H2,1-2H3. The van der Waals surface area contributed by atoms with Gasteiger partial charge in [-0.15, -0.1) is 0 Å². The van der Waals surface area contributed by atoms with Crippen LogP contribution < -0.4 is 0 Å². The summed E-state index contributed by atoms with van der Waals surface area (Å²) in [5.74, 6) is 0. The van der Waals surface area contributed by atoms with Gasteiger partial charge in [-0.1, -0.05) is 64.7 Å². The van der Waals surface area contributed by atoms with Crippen LogP contribution in [0.2, 0.25) is 0 Å². The molecule has 0 spiro atoms. The average molecular weight is 279 g/mol. The lowest BCUT2D eigenvalue weighted by Gasteiger charge is -2.11. The molecule has 0 radical (unpaired) electrons. The van der Waals surface area contributed by atoms with Gasteiger partial charge in [0.2, 0.25) is 0 Å². The fraction of sp³-hybridized carbons (Fsp3) is 0.778. The molecule has 0 aromatic carbocycles. The van der Waals surface area contributed by atoms with Gasteiger partial charge >= 0.3 is 0 Å². The second-order valence-electron chi connectivity index (χ2n) is 5.98. The Labute approximate surface area is 125 Å². The van der Waals surface area contributed by atoms with Gasteiger partial charge in [0.05, 0.1) is 6.10 Å². The molecule has 1 heterocycles. The Morgan fingerprint density at radius 3 is 2.05 bits per heavy atom. The third-order valence-corrected chi connectivity index (χ3v) is 4.05. The minimum Gasteiger partial charge on any atom is -0.387 e. The van der Waals surface area contributed by atoms with E-state index in [-0.39, 0.29) is 6.10 Å². The lowest BCUT2D eigenvalue weighted by Crippen LogP contribution is -2.04. The number of aryl methyl sites for hydroxylation is 1. The molecule has 1 aromatic rings. The van der Waals surface area contributed by atoms with Crippen LogP contribution in [-0.2, 0) is 6.54 Å². The third-order valence-electron chi connectivity index (χ3n) is 4.05. The summed E-state index contributed by atoms with van der Waals surface area (Å²) in [4.78, 5) is 0. The zero-order chi connectivity index (χ0) is 14.6. The van der Waals surface area contributed by atoms with Gasteiger partial charge in [-0.25, -0.2) is 0 Å². The van der Waals surface area contributed by atoms with Crippen molar-refractivity contribution in [2.45, 2.75) is 90.7 Å². The predicted molar refractivity (Wildman–Crippen MR) is 86.9 cm³/mol. The van der Waals surface area contributed by atoms with Gasteiger partial charge in [0.25, 0.3) is 0 Å². The third kappa shape index (κ3) is 7.14. The summed E-state index contributed by atoms with van der Waals surface area (Å²) in [5, 5.41) is 9.63. The summed E-state index contributed by atoms with van der Waals surface area (Å²) in [6.45, 7) is 5.15. The fourth-order valence-corrected chi connectivity index (χ4v) is 2.78. The molecule has 1 unspecified atom stereocenters. The highest BCUT2D eigenvalue weighted by Gasteiger charge is 2.05. The molecule has 0 saturated carbocycles. The van der Waals surface area contributed by atoms with Crippen LogP contribution in [0.5, 0.6) is 0 Å². The number of rotatable bonds is 12. The van der Waals surface area contributed by atoms with Crippen LogP contribution in [0.15, 0.2) is 18.3 Å². The number of nitrogens with zero attached hydrogens (tertiary/aromatic N) is 1. The number of aromatic nitrogens is 1. The number of aliphatic hydroxyl groups excluding tert-OH is 1. The lowest BCUT2D eigenvalue weighted by molar-refractivity contribution is 0.188. The van der Waals surface area contributed by atoms with E-state index in [2.05, 4.69) is 17.7 Å². The molecule has 0 bridgehead atoms. The van der Waals surface area contributed by atoms with Crippen molar-refractivity contribution in [2.24, 2.45) is 0 Å². The minimum absolute atomic E-state index is 0.354. The van der Waals surface area contributed by atoms with E-state index in [0.29, 0.717) is 0 Å². The molecule has 0 amide bonds. The molecule has 1 rings (SSSR count). The van der Waals surface area contributed by atoms with E-state index in [9.17, 15) is 5.11 Å². The van der Waals surface area contributed by atoms with E-state index >= 15 is 0 Å². The molecule has 0 aliphatic heterocycles. The van der Waals surface area contributed by atoms with Gasteiger partial charge in [0, 0.05) is 18.4 Å². The molecule has 0 aliphatic rings. The molecule has 0 fully saturated rings. The zero-order valence-electron chi connectivity index (χ0n) is 13.5. The van der Waals surface area contributed by atoms with Crippen LogP contribution in [0.3, 0.4) is 0 Å². The first-order chi connectivity index (χ1) is 9.75. The van der Waals surface area contributed by atoms with Crippen LogP contribution in [0.25, 0.3) is 0 Å². The second-order valence-corrected chi connectivity index (χ2v) is 5.98. The molecule has 0 saturated heterocycles. The first-order valence-corrected chi connectivity index (χ1v) is 8.58. The average Bonchev–Trinajstić information content (AvgIpc) is 2.89. The Hall–Kier alpha value is -0.760. The molecule has 0 aliphatic carbocycles. The summed E-state index contributed by atoms with van der Waals surface area (Å²) in [7, 11) is 0. The highest BCUT2D eigenvalue weighted by atomic mass is 16.3. The quantitative estimate of drug-likeness (QED) is 0.505. The van der Waals surface area contributed by atoms with Gasteiger partial charge in [0.1, 0.15) is 0 Å². The second kappa shape index (κ2) is 11.0. The normalized spacial score (nSPS) is 12.8. The molecule has 20 heavy (non-hydrogen) atoms. The van der Waals surface area contributed by atoms with Crippen molar-refractivity contribution < 1.29 is 5.11 Å². The predicted octanol–water partition coefficient (Wildman–Crippen LogP) is 5.46. The monoisotopic (exact) mass is 279 g/mol. The molecule has 2 nitrogen and oxygen atoms in total. The van der Waals surface area contributed by atoms with E-state index in [1.54, 1.807) is 0 Å². The Balaban J connectivity index is 1.96. The van der Waals surface area contributed by atoms with Crippen LogP contribution in [0, 0.1) is 0 Å². The van der Waals surface area contributed by atoms with Gasteiger partial charge in [-0.05, 0) is 25.5 Å². The maximum absolute atomic E-state index is 9.63. The van der Waals surface area contributed by atoms with Crippen molar-refractivity contribution in [3.63, 3.8) is 0 Å². The number of hydrogen-bond acceptors (Lipinski definition) is 1. The number of unbranched alkanes of at least 4 members (excludes halogenated alkanes) is 9. The smallest absolute Gasteiger partial charge is 0.0911 e. The maximum Gasteiger partial charge on any atom is 0.0911 e. The van der Waals surface area contributed by atoms with Crippen LogP contribution in [-0.4, -0.2) is 9.67 Å². The van der Waals surface area contributed by atoms with Crippen molar-refractivity contribution in [2.75, 3.05) is 0 Å². The van der Waals surface area contributed by atoms with Crippen molar-refractivity contribution in [1.29, 1.82) is 0 Å². The zero-order valence-corrected chi connectivity index (χ0v) is 13.5. The minimum atomic E-state index is -0.354. The maximum atomic E-state index is 9.63. The fourth-order valence-electron chi connectivity index (χ4n) is 2.78. The Morgan fingerprint density at radius 1 is 0.950 bits per heavy atom. The Kier molecular flexibility index (Phi) is 9.48. The van der Waals surface area contributed by atoms with Crippen LogP contribution in [0.1, 0.15) is 89.9 Å². The molecule has 1 aromatic heterocycles.